The minimum absolute atomic E-state index is 0. The average Bonchev–Trinajstić information content (AvgIpc) is 3.04. The number of nitrogens with zero attached hydrogens (tertiary/aromatic N) is 2. The Morgan fingerprint density at radius 3 is 2.57 bits per heavy atom. The van der Waals surface area contributed by atoms with Crippen molar-refractivity contribution in [2.45, 2.75) is 63.1 Å². The van der Waals surface area contributed by atoms with Crippen LogP contribution >= 0.6 is 12.4 Å². The molecule has 2 unspecified atom stereocenters. The first-order chi connectivity index (χ1) is 10.4. The number of carbonyl (C=O) groups excluding carboxylic acids is 3. The molecule has 0 aromatic heterocycles. The molecule has 1 aliphatic carbocycles. The van der Waals surface area contributed by atoms with Crippen molar-refractivity contribution in [3.63, 3.8) is 0 Å². The highest BCUT2D eigenvalue weighted by atomic mass is 35.5. The third kappa shape index (κ3) is 3.04. The first-order valence-electron chi connectivity index (χ1n) is 8.15. The van der Waals surface area contributed by atoms with E-state index in [0.717, 1.165) is 30.6 Å². The molecule has 130 valence electrons. The van der Waals surface area contributed by atoms with Gasteiger partial charge in [-0.25, -0.2) is 9.69 Å². The summed E-state index contributed by atoms with van der Waals surface area (Å²) < 4.78 is 0. The summed E-state index contributed by atoms with van der Waals surface area (Å²) in [4.78, 5) is 40.3. The molecule has 0 aromatic carbocycles. The van der Waals surface area contributed by atoms with Gasteiger partial charge in [0.15, 0.2) is 0 Å². The number of urea groups is 1. The molecular formula is C15H25ClN4O3. The molecule has 4 amide bonds. The van der Waals surface area contributed by atoms with Crippen LogP contribution in [-0.2, 0) is 9.59 Å². The smallest absolute Gasteiger partial charge is 0.325 e. The normalized spacial score (nSPS) is 27.8. The van der Waals surface area contributed by atoms with Gasteiger partial charge in [0.05, 0.1) is 0 Å². The number of imide groups is 1. The minimum Gasteiger partial charge on any atom is -0.339 e. The van der Waals surface area contributed by atoms with E-state index in [1.54, 1.807) is 11.8 Å². The van der Waals surface area contributed by atoms with Gasteiger partial charge in [-0.05, 0) is 32.6 Å². The summed E-state index contributed by atoms with van der Waals surface area (Å²) in [6, 6.07) is -1.22. The summed E-state index contributed by atoms with van der Waals surface area (Å²) in [6.07, 6.45) is 4.98. The van der Waals surface area contributed by atoms with E-state index in [0.29, 0.717) is 25.9 Å². The Hall–Kier alpha value is -1.34. The lowest BCUT2D eigenvalue weighted by Gasteiger charge is -2.34. The molecule has 0 bridgehead atoms. The van der Waals surface area contributed by atoms with Crippen molar-refractivity contribution in [1.29, 1.82) is 0 Å². The van der Waals surface area contributed by atoms with Crippen LogP contribution < -0.4 is 11.1 Å². The van der Waals surface area contributed by atoms with Crippen molar-refractivity contribution in [1.82, 2.24) is 15.1 Å². The molecule has 3 fully saturated rings. The van der Waals surface area contributed by atoms with Crippen LogP contribution in [-0.4, -0.2) is 58.4 Å². The molecule has 1 saturated carbocycles. The zero-order valence-electron chi connectivity index (χ0n) is 13.4. The Bertz CT molecular complexity index is 507. The van der Waals surface area contributed by atoms with Gasteiger partial charge in [-0.3, -0.25) is 9.59 Å². The quantitative estimate of drug-likeness (QED) is 0.717. The zero-order chi connectivity index (χ0) is 15.9. The van der Waals surface area contributed by atoms with Crippen molar-refractivity contribution >= 4 is 30.3 Å². The zero-order valence-corrected chi connectivity index (χ0v) is 14.2. The van der Waals surface area contributed by atoms with E-state index in [-0.39, 0.29) is 30.3 Å². The van der Waals surface area contributed by atoms with Gasteiger partial charge in [0, 0.05) is 19.1 Å². The Balaban J connectivity index is 0.00000192. The van der Waals surface area contributed by atoms with Crippen LogP contribution in [0.3, 0.4) is 0 Å². The molecule has 2 atom stereocenters. The van der Waals surface area contributed by atoms with Gasteiger partial charge >= 0.3 is 6.03 Å². The minimum atomic E-state index is -0.766. The molecular weight excluding hydrogens is 320 g/mol. The van der Waals surface area contributed by atoms with Crippen LogP contribution in [0.15, 0.2) is 0 Å². The van der Waals surface area contributed by atoms with E-state index < -0.39 is 17.6 Å². The second-order valence-electron chi connectivity index (χ2n) is 6.76. The van der Waals surface area contributed by atoms with Crippen molar-refractivity contribution < 1.29 is 14.4 Å². The third-order valence-electron chi connectivity index (χ3n) is 5.16. The fraction of sp³-hybridized carbons (Fsp3) is 0.800. The highest BCUT2D eigenvalue weighted by Crippen LogP contribution is 2.36. The molecule has 2 saturated heterocycles. The highest BCUT2D eigenvalue weighted by molar-refractivity contribution is 6.09. The standard InChI is InChI=1S/C15H24N4O3.ClH/c1-10(12(20)18-8-4-5-11(16)9-18)19-13(21)15(17-14(19)22)6-2-3-7-15;/h10-11H,2-9,16H2,1H3,(H,17,22);1H. The molecule has 3 N–H and O–H groups in total. The first kappa shape index (κ1) is 18.0. The number of nitrogens with two attached hydrogens (primary N) is 1. The lowest BCUT2D eigenvalue weighted by atomic mass is 9.97. The molecule has 3 rings (SSSR count). The molecule has 8 heteroatoms. The average molecular weight is 345 g/mol. The molecule has 0 radical (unpaired) electrons. The second-order valence-corrected chi connectivity index (χ2v) is 6.76. The number of nitrogens with one attached hydrogen (secondary N) is 1. The maximum absolute atomic E-state index is 12.7. The Morgan fingerprint density at radius 1 is 1.30 bits per heavy atom. The number of hydrogen-bond donors (Lipinski definition) is 2. The molecule has 2 heterocycles. The van der Waals surface area contributed by atoms with Crippen LogP contribution in [0, 0.1) is 0 Å². The molecule has 3 aliphatic rings. The largest absolute Gasteiger partial charge is 0.339 e. The lowest BCUT2D eigenvalue weighted by molar-refractivity contribution is -0.143. The number of likely N-dealkylation sites (tertiary alicyclic amines) is 1. The van der Waals surface area contributed by atoms with Gasteiger partial charge in [0.1, 0.15) is 11.6 Å². The maximum atomic E-state index is 12.7. The van der Waals surface area contributed by atoms with E-state index in [9.17, 15) is 14.4 Å². The summed E-state index contributed by atoms with van der Waals surface area (Å²) in [6.45, 7) is 2.78. The third-order valence-corrected chi connectivity index (χ3v) is 5.16. The van der Waals surface area contributed by atoms with Crippen molar-refractivity contribution in [3.8, 4) is 0 Å². The van der Waals surface area contributed by atoms with Crippen LogP contribution in [0.2, 0.25) is 0 Å². The van der Waals surface area contributed by atoms with Gasteiger partial charge in [-0.1, -0.05) is 12.8 Å². The number of piperidine rings is 1. The van der Waals surface area contributed by atoms with E-state index in [2.05, 4.69) is 5.32 Å². The summed E-state index contributed by atoms with van der Waals surface area (Å²) in [5, 5.41) is 2.82. The van der Waals surface area contributed by atoms with Crippen LogP contribution in [0.25, 0.3) is 0 Å². The summed E-state index contributed by atoms with van der Waals surface area (Å²) >= 11 is 0. The lowest BCUT2D eigenvalue weighted by Crippen LogP contribution is -2.54. The Morgan fingerprint density at radius 2 is 1.96 bits per heavy atom. The van der Waals surface area contributed by atoms with Crippen molar-refractivity contribution in [2.24, 2.45) is 5.73 Å². The predicted octanol–water partition coefficient (Wildman–Crippen LogP) is 0.611. The van der Waals surface area contributed by atoms with E-state index in [1.807, 2.05) is 0 Å². The Kier molecular flexibility index (Phi) is 5.20. The van der Waals surface area contributed by atoms with E-state index in [4.69, 9.17) is 5.73 Å². The van der Waals surface area contributed by atoms with E-state index >= 15 is 0 Å². The van der Waals surface area contributed by atoms with Crippen molar-refractivity contribution in [3.05, 3.63) is 0 Å². The van der Waals surface area contributed by atoms with Crippen molar-refractivity contribution in [2.75, 3.05) is 13.1 Å². The van der Waals surface area contributed by atoms with Crippen LogP contribution in [0.1, 0.15) is 45.4 Å². The summed E-state index contributed by atoms with van der Waals surface area (Å²) in [5.74, 6) is -0.425. The molecule has 1 spiro atoms. The SMILES string of the molecule is CC(C(=O)N1CCCC(N)C1)N1C(=O)NC2(CCCC2)C1=O.Cl. The predicted molar refractivity (Wildman–Crippen MR) is 87.1 cm³/mol. The summed E-state index contributed by atoms with van der Waals surface area (Å²) in [5.41, 5.74) is 5.15. The number of amides is 4. The first-order valence-corrected chi connectivity index (χ1v) is 8.15. The Labute approximate surface area is 142 Å². The second kappa shape index (κ2) is 6.65. The monoisotopic (exact) mass is 344 g/mol. The highest BCUT2D eigenvalue weighted by Gasteiger charge is 2.54. The molecule has 0 aromatic rings. The number of carbonyl (C=O) groups is 3. The number of rotatable bonds is 2. The molecule has 2 aliphatic heterocycles. The van der Waals surface area contributed by atoms with Gasteiger partial charge in [-0.15, -0.1) is 12.4 Å². The fourth-order valence-electron chi connectivity index (χ4n) is 3.90. The van der Waals surface area contributed by atoms with E-state index in [1.165, 1.54) is 0 Å². The van der Waals surface area contributed by atoms with Gasteiger partial charge < -0.3 is 16.0 Å². The van der Waals surface area contributed by atoms with Gasteiger partial charge in [0.2, 0.25) is 5.91 Å². The number of hydrogen-bond acceptors (Lipinski definition) is 4. The summed E-state index contributed by atoms with van der Waals surface area (Å²) in [7, 11) is 0. The fourth-order valence-corrected chi connectivity index (χ4v) is 3.90. The van der Waals surface area contributed by atoms with Crippen LogP contribution in [0.5, 0.6) is 0 Å². The maximum Gasteiger partial charge on any atom is 0.325 e. The van der Waals surface area contributed by atoms with Gasteiger partial charge in [0.25, 0.3) is 5.91 Å². The topological polar surface area (TPSA) is 95.7 Å². The van der Waals surface area contributed by atoms with Crippen LogP contribution in [0.4, 0.5) is 4.79 Å². The van der Waals surface area contributed by atoms with Gasteiger partial charge in [-0.2, -0.15) is 0 Å². The molecule has 7 nitrogen and oxygen atoms in total. The molecule has 23 heavy (non-hydrogen) atoms. The number of halogens is 1.